The molecule has 0 radical (unpaired) electrons. The van der Waals surface area contributed by atoms with E-state index in [0.29, 0.717) is 15.3 Å². The van der Waals surface area contributed by atoms with Gasteiger partial charge in [-0.1, -0.05) is 41.4 Å². The first-order valence-corrected chi connectivity index (χ1v) is 12.3. The van der Waals surface area contributed by atoms with Crippen molar-refractivity contribution in [1.82, 2.24) is 0 Å². The second kappa shape index (κ2) is 9.27. The highest BCUT2D eigenvalue weighted by molar-refractivity contribution is 7.90. The highest BCUT2D eigenvalue weighted by Gasteiger charge is 2.32. The van der Waals surface area contributed by atoms with Crippen LogP contribution in [0, 0.1) is 0 Å². The van der Waals surface area contributed by atoms with Crippen molar-refractivity contribution in [1.29, 1.82) is 0 Å². The summed E-state index contributed by atoms with van der Waals surface area (Å²) in [4.78, 5) is 5.40. The summed E-state index contributed by atoms with van der Waals surface area (Å²) in [6, 6.07) is 14.1. The molecule has 1 heterocycles. The van der Waals surface area contributed by atoms with Crippen molar-refractivity contribution in [3.63, 3.8) is 0 Å². The molecule has 0 aliphatic rings. The van der Waals surface area contributed by atoms with Gasteiger partial charge in [0.2, 0.25) is 0 Å². The lowest BCUT2D eigenvalue weighted by molar-refractivity contribution is -0.0925. The second-order valence-electron chi connectivity index (χ2n) is 6.63. The molecule has 0 atom stereocenters. The molecule has 0 unspecified atom stereocenters. The quantitative estimate of drug-likeness (QED) is 0.384. The zero-order valence-corrected chi connectivity index (χ0v) is 19.5. The smallest absolute Gasteiger partial charge is 0.395 e. The number of nitrogens with two attached hydrogens (primary N) is 1. The Morgan fingerprint density at radius 3 is 2.44 bits per heavy atom. The van der Waals surface area contributed by atoms with Crippen LogP contribution in [0.4, 0.5) is 18.9 Å². The van der Waals surface area contributed by atoms with Crippen LogP contribution in [0.1, 0.15) is 4.88 Å². The molecule has 0 spiro atoms. The van der Waals surface area contributed by atoms with E-state index >= 15 is 0 Å². The van der Waals surface area contributed by atoms with Gasteiger partial charge in [-0.2, -0.15) is 13.2 Å². The predicted molar refractivity (Wildman–Crippen MR) is 124 cm³/mol. The van der Waals surface area contributed by atoms with Crippen LogP contribution in [0.15, 0.2) is 76.3 Å². The van der Waals surface area contributed by atoms with Crippen LogP contribution in [0.5, 0.6) is 0 Å². The third-order valence-corrected chi connectivity index (χ3v) is 7.27. The van der Waals surface area contributed by atoms with Gasteiger partial charge in [-0.3, -0.25) is 0 Å². The topological polar surface area (TPSA) is 72.5 Å². The van der Waals surface area contributed by atoms with Crippen LogP contribution >= 0.6 is 34.5 Å². The number of aliphatic imine (C=N–C) groups is 1. The molecular formula is C21H15Cl2F3N2O2S2. The molecule has 0 saturated heterocycles. The van der Waals surface area contributed by atoms with Gasteiger partial charge in [-0.15, -0.1) is 11.3 Å². The third kappa shape index (κ3) is 5.72. The maximum absolute atomic E-state index is 13.1. The Balaban J connectivity index is 2.13. The van der Waals surface area contributed by atoms with Crippen LogP contribution in [0.2, 0.25) is 10.0 Å². The van der Waals surface area contributed by atoms with Crippen molar-refractivity contribution in [3.8, 4) is 10.4 Å². The molecule has 168 valence electrons. The van der Waals surface area contributed by atoms with Gasteiger partial charge in [-0.05, 0) is 48.0 Å². The van der Waals surface area contributed by atoms with Gasteiger partial charge in [-0.25, -0.2) is 13.4 Å². The second-order valence-corrected chi connectivity index (χ2v) is 10.5. The van der Waals surface area contributed by atoms with Crippen molar-refractivity contribution in [2.24, 2.45) is 10.7 Å². The van der Waals surface area contributed by atoms with Crippen LogP contribution in [-0.2, 0) is 9.84 Å². The van der Waals surface area contributed by atoms with Crippen LogP contribution in [0.3, 0.4) is 0 Å². The highest BCUT2D eigenvalue weighted by atomic mass is 35.5. The summed E-state index contributed by atoms with van der Waals surface area (Å²) in [6.45, 7) is 0. The van der Waals surface area contributed by atoms with Gasteiger partial charge in [0.05, 0.1) is 31.2 Å². The summed E-state index contributed by atoms with van der Waals surface area (Å²) < 4.78 is 62.9. The van der Waals surface area contributed by atoms with Gasteiger partial charge in [0.25, 0.3) is 0 Å². The number of allylic oxidation sites excluding steroid dienone is 2. The fourth-order valence-corrected chi connectivity index (χ4v) is 4.57. The Labute approximate surface area is 196 Å². The number of nitrogens with zero attached hydrogens (tertiary/aromatic N) is 1. The van der Waals surface area contributed by atoms with Crippen molar-refractivity contribution >= 4 is 55.8 Å². The van der Waals surface area contributed by atoms with Gasteiger partial charge < -0.3 is 5.73 Å². The van der Waals surface area contributed by atoms with E-state index in [1.165, 1.54) is 24.3 Å². The first-order chi connectivity index (χ1) is 14.9. The SMILES string of the molecule is CS(=O)(=O)c1cccc(-c2ccc(C(C=C(N)C(F)(F)F)=Nc3cccc(Cl)c3Cl)s2)c1. The molecule has 0 aliphatic heterocycles. The monoisotopic (exact) mass is 518 g/mol. The molecular weight excluding hydrogens is 504 g/mol. The fraction of sp³-hybridized carbons (Fsp3) is 0.0952. The Morgan fingerprint density at radius 1 is 1.09 bits per heavy atom. The largest absolute Gasteiger partial charge is 0.430 e. The normalized spacial score (nSPS) is 13.4. The molecule has 2 aromatic carbocycles. The molecule has 0 saturated carbocycles. The van der Waals surface area contributed by atoms with E-state index in [9.17, 15) is 21.6 Å². The number of hydrogen-bond donors (Lipinski definition) is 1. The lowest BCUT2D eigenvalue weighted by atomic mass is 10.2. The Kier molecular flexibility index (Phi) is 7.04. The number of sulfone groups is 1. The third-order valence-electron chi connectivity index (χ3n) is 4.20. The predicted octanol–water partition coefficient (Wildman–Crippen LogP) is 6.65. The summed E-state index contributed by atoms with van der Waals surface area (Å²) >= 11 is 13.3. The van der Waals surface area contributed by atoms with Gasteiger partial charge in [0.1, 0.15) is 5.70 Å². The minimum absolute atomic E-state index is 0.0699. The number of thiophene rings is 1. The molecule has 0 amide bonds. The summed E-state index contributed by atoms with van der Waals surface area (Å²) in [5.74, 6) is 0. The van der Waals surface area contributed by atoms with E-state index in [1.54, 1.807) is 30.3 Å². The molecule has 3 aromatic rings. The molecule has 0 fully saturated rings. The van der Waals surface area contributed by atoms with E-state index in [1.807, 2.05) is 0 Å². The molecule has 3 rings (SSSR count). The summed E-state index contributed by atoms with van der Waals surface area (Å²) in [6.07, 6.45) is -2.93. The molecule has 4 nitrogen and oxygen atoms in total. The first-order valence-electron chi connectivity index (χ1n) is 8.84. The van der Waals surface area contributed by atoms with E-state index in [0.717, 1.165) is 23.7 Å². The van der Waals surface area contributed by atoms with Crippen molar-refractivity contribution in [2.45, 2.75) is 11.1 Å². The standard InChI is InChI=1S/C21H15Cl2F3N2O2S2/c1-32(29,30)13-5-2-4-12(10-13)17-8-9-18(31-17)16(11-19(27)21(24,25)26)28-15-7-3-6-14(22)20(15)23/h2-11H,27H2,1H3. The Morgan fingerprint density at radius 2 is 1.78 bits per heavy atom. The van der Waals surface area contributed by atoms with E-state index in [2.05, 4.69) is 4.99 Å². The van der Waals surface area contributed by atoms with Crippen LogP contribution < -0.4 is 5.73 Å². The number of rotatable bonds is 5. The lowest BCUT2D eigenvalue weighted by Gasteiger charge is -2.08. The number of benzene rings is 2. The number of halogens is 5. The first kappa shape index (κ1) is 24.3. The van der Waals surface area contributed by atoms with E-state index in [-0.39, 0.29) is 26.3 Å². The van der Waals surface area contributed by atoms with Gasteiger partial charge >= 0.3 is 6.18 Å². The van der Waals surface area contributed by atoms with Gasteiger partial charge in [0, 0.05) is 11.1 Å². The zero-order chi connectivity index (χ0) is 23.7. The summed E-state index contributed by atoms with van der Waals surface area (Å²) in [5, 5.41) is 0.285. The van der Waals surface area contributed by atoms with Crippen molar-refractivity contribution in [3.05, 3.63) is 81.3 Å². The maximum Gasteiger partial charge on any atom is 0.430 e. The zero-order valence-electron chi connectivity index (χ0n) is 16.3. The minimum Gasteiger partial charge on any atom is -0.395 e. The van der Waals surface area contributed by atoms with Crippen LogP contribution in [0.25, 0.3) is 10.4 Å². The van der Waals surface area contributed by atoms with Gasteiger partial charge in [0.15, 0.2) is 9.84 Å². The van der Waals surface area contributed by atoms with E-state index in [4.69, 9.17) is 28.9 Å². The Hall–Kier alpha value is -2.33. The average molecular weight is 519 g/mol. The number of alkyl halides is 3. The summed E-state index contributed by atoms with van der Waals surface area (Å²) in [7, 11) is -3.42. The molecule has 32 heavy (non-hydrogen) atoms. The molecule has 0 aliphatic carbocycles. The number of hydrogen-bond acceptors (Lipinski definition) is 5. The summed E-state index contributed by atoms with van der Waals surface area (Å²) in [5.41, 5.74) is 4.60. The van der Waals surface area contributed by atoms with Crippen LogP contribution in [-0.4, -0.2) is 26.6 Å². The lowest BCUT2D eigenvalue weighted by Crippen LogP contribution is -2.20. The van der Waals surface area contributed by atoms with Crippen molar-refractivity contribution in [2.75, 3.05) is 6.26 Å². The molecule has 0 bridgehead atoms. The highest BCUT2D eigenvalue weighted by Crippen LogP contribution is 2.35. The average Bonchev–Trinajstić information content (AvgIpc) is 3.19. The Bertz CT molecular complexity index is 1330. The maximum atomic E-state index is 13.1. The molecule has 1 aromatic heterocycles. The minimum atomic E-state index is -4.75. The molecule has 11 heteroatoms. The van der Waals surface area contributed by atoms with Crippen molar-refractivity contribution < 1.29 is 21.6 Å². The van der Waals surface area contributed by atoms with E-state index < -0.39 is 21.7 Å². The molecule has 2 N–H and O–H groups in total. The fourth-order valence-electron chi connectivity index (χ4n) is 2.61.